The van der Waals surface area contributed by atoms with Crippen molar-refractivity contribution in [3.05, 3.63) is 99.1 Å². The monoisotopic (exact) mass is 578 g/mol. The molecule has 8 heteroatoms. The van der Waals surface area contributed by atoms with Crippen molar-refractivity contribution in [1.29, 1.82) is 0 Å². The topological polar surface area (TPSA) is 9.23 Å². The van der Waals surface area contributed by atoms with Crippen molar-refractivity contribution >= 4 is 0 Å². The zero-order valence-electron chi connectivity index (χ0n) is 22.9. The van der Waals surface area contributed by atoms with Gasteiger partial charge in [-0.3, -0.25) is 0 Å². The fourth-order valence-electron chi connectivity index (χ4n) is 6.63. The van der Waals surface area contributed by atoms with Gasteiger partial charge in [0.2, 0.25) is 0 Å². The van der Waals surface area contributed by atoms with E-state index in [9.17, 15) is 22.0 Å². The molecule has 0 N–H and O–H groups in total. The van der Waals surface area contributed by atoms with Crippen LogP contribution in [0.15, 0.2) is 42.5 Å². The lowest BCUT2D eigenvalue weighted by Gasteiger charge is -2.32. The Bertz CT molecular complexity index is 1390. The Morgan fingerprint density at radius 3 is 2.20 bits per heavy atom. The van der Waals surface area contributed by atoms with Gasteiger partial charge in [-0.25, -0.2) is 17.6 Å². The minimum atomic E-state index is -4.98. The molecular weight excluding hydrogens is 545 g/mol. The maximum Gasteiger partial charge on any atom is 0.573 e. The number of hydrogen-bond donors (Lipinski definition) is 0. The van der Waals surface area contributed by atoms with Gasteiger partial charge >= 0.3 is 6.36 Å². The number of hydrogen-bond acceptors (Lipinski definition) is 1. The molecule has 0 spiro atoms. The summed E-state index contributed by atoms with van der Waals surface area (Å²) in [6.07, 6.45) is 1.02. The Morgan fingerprint density at radius 2 is 1.54 bits per heavy atom. The van der Waals surface area contributed by atoms with Gasteiger partial charge in [0.25, 0.3) is 0 Å². The summed E-state index contributed by atoms with van der Waals surface area (Å²) in [5.74, 6) is -3.40. The third-order valence-corrected chi connectivity index (χ3v) is 8.89. The molecule has 0 bridgehead atoms. The number of halogens is 7. The summed E-state index contributed by atoms with van der Waals surface area (Å²) in [5, 5.41) is 0. The maximum atomic E-state index is 15.7. The van der Waals surface area contributed by atoms with Crippen LogP contribution in [0.2, 0.25) is 0 Å². The van der Waals surface area contributed by atoms with E-state index < -0.39 is 29.6 Å². The Balaban J connectivity index is 1.22. The van der Waals surface area contributed by atoms with Crippen LogP contribution in [-0.4, -0.2) is 6.36 Å². The van der Waals surface area contributed by atoms with Gasteiger partial charge in [-0.1, -0.05) is 25.1 Å². The summed E-state index contributed by atoms with van der Waals surface area (Å²) in [5.41, 5.74) is 3.54. The smallest absolute Gasteiger partial charge is 0.403 e. The van der Waals surface area contributed by atoms with Crippen molar-refractivity contribution in [3.63, 3.8) is 0 Å². The van der Waals surface area contributed by atoms with E-state index >= 15 is 8.78 Å². The highest BCUT2D eigenvalue weighted by Crippen LogP contribution is 2.44. The molecular formula is C33H33F7O. The Hall–Kier alpha value is -3.03. The molecule has 220 valence electrons. The predicted molar refractivity (Wildman–Crippen MR) is 143 cm³/mol. The average Bonchev–Trinajstić information content (AvgIpc) is 2.93. The Kier molecular flexibility index (Phi) is 8.67. The van der Waals surface area contributed by atoms with Gasteiger partial charge in [0, 0.05) is 5.56 Å². The van der Waals surface area contributed by atoms with Crippen LogP contribution >= 0.6 is 0 Å². The molecule has 0 aromatic heterocycles. The second kappa shape index (κ2) is 12.1. The largest absolute Gasteiger partial charge is 0.573 e. The third kappa shape index (κ3) is 6.73. The molecule has 0 amide bonds. The summed E-state index contributed by atoms with van der Waals surface area (Å²) in [6, 6.07) is 10.3. The summed E-state index contributed by atoms with van der Waals surface area (Å²) in [6.45, 7) is 1.98. The van der Waals surface area contributed by atoms with Crippen LogP contribution in [0.25, 0.3) is 0 Å². The first-order valence-electron chi connectivity index (χ1n) is 14.3. The minimum absolute atomic E-state index is 0.110. The highest BCUT2D eigenvalue weighted by molar-refractivity contribution is 5.40. The van der Waals surface area contributed by atoms with E-state index in [2.05, 4.69) is 4.74 Å². The third-order valence-electron chi connectivity index (χ3n) is 8.89. The maximum absolute atomic E-state index is 15.7. The number of aryl methyl sites for hydroxylation is 2. The lowest BCUT2D eigenvalue weighted by atomic mass is 9.74. The molecule has 1 fully saturated rings. The van der Waals surface area contributed by atoms with Crippen LogP contribution < -0.4 is 4.74 Å². The number of fused-ring (bicyclic) bond motifs is 1. The second-order valence-corrected chi connectivity index (χ2v) is 11.4. The molecule has 1 nitrogen and oxygen atoms in total. The summed E-state index contributed by atoms with van der Waals surface area (Å²) in [4.78, 5) is 0. The fourth-order valence-corrected chi connectivity index (χ4v) is 6.63. The van der Waals surface area contributed by atoms with Gasteiger partial charge in [-0.15, -0.1) is 13.2 Å². The highest BCUT2D eigenvalue weighted by atomic mass is 19.4. The van der Waals surface area contributed by atoms with Crippen molar-refractivity contribution < 1.29 is 35.5 Å². The molecule has 1 saturated carbocycles. The first-order chi connectivity index (χ1) is 19.5. The van der Waals surface area contributed by atoms with E-state index in [4.69, 9.17) is 0 Å². The first-order valence-corrected chi connectivity index (χ1v) is 14.3. The molecule has 3 aromatic rings. The minimum Gasteiger partial charge on any atom is -0.403 e. The molecule has 1 atom stereocenters. The summed E-state index contributed by atoms with van der Waals surface area (Å²) >= 11 is 0. The van der Waals surface area contributed by atoms with Gasteiger partial charge < -0.3 is 4.74 Å². The zero-order valence-corrected chi connectivity index (χ0v) is 22.9. The molecule has 2 aliphatic rings. The van der Waals surface area contributed by atoms with Crippen molar-refractivity contribution in [3.8, 4) is 5.75 Å². The van der Waals surface area contributed by atoms with Gasteiger partial charge in [0.05, 0.1) is 0 Å². The molecule has 2 aliphatic carbocycles. The molecule has 0 saturated heterocycles. The van der Waals surface area contributed by atoms with Gasteiger partial charge in [-0.05, 0) is 134 Å². The average molecular weight is 579 g/mol. The van der Waals surface area contributed by atoms with Gasteiger partial charge in [0.15, 0.2) is 11.6 Å². The predicted octanol–water partition coefficient (Wildman–Crippen LogP) is 9.88. The lowest BCUT2D eigenvalue weighted by Crippen LogP contribution is -2.21. The molecule has 41 heavy (non-hydrogen) atoms. The summed E-state index contributed by atoms with van der Waals surface area (Å²) in [7, 11) is 0. The quantitative estimate of drug-likeness (QED) is 0.254. The highest BCUT2D eigenvalue weighted by Gasteiger charge is 2.34. The number of alkyl halides is 3. The molecule has 0 aliphatic heterocycles. The van der Waals surface area contributed by atoms with E-state index in [-0.39, 0.29) is 29.1 Å². The molecule has 0 radical (unpaired) electrons. The van der Waals surface area contributed by atoms with Crippen molar-refractivity contribution in [2.24, 2.45) is 5.92 Å². The number of rotatable bonds is 7. The second-order valence-electron chi connectivity index (χ2n) is 11.4. The summed E-state index contributed by atoms with van der Waals surface area (Å²) < 4.78 is 101. The van der Waals surface area contributed by atoms with Crippen molar-refractivity contribution in [2.45, 2.75) is 89.3 Å². The van der Waals surface area contributed by atoms with Crippen LogP contribution in [0.4, 0.5) is 30.7 Å². The number of benzene rings is 3. The van der Waals surface area contributed by atoms with Crippen LogP contribution in [0, 0.1) is 29.2 Å². The standard InChI is InChI=1S/C33H33F7O/c1-2-19-3-6-22(27(34)16-19)7-4-20-5-13-26-25(15-20)18-29(36)31(32(26)37)23-10-8-21(9-11-23)24-12-14-30(28(35)17-24)41-33(38,39)40/h3,6,12,14,16-18,20-21,23H,2,4-5,7-11,13,15H2,1H3. The zero-order chi connectivity index (χ0) is 29.3. The number of ether oxygens (including phenoxy) is 1. The van der Waals surface area contributed by atoms with E-state index in [0.717, 1.165) is 37.0 Å². The molecule has 3 aromatic carbocycles. The molecule has 0 heterocycles. The van der Waals surface area contributed by atoms with E-state index in [1.807, 2.05) is 19.1 Å². The first kappa shape index (κ1) is 29.5. The van der Waals surface area contributed by atoms with Crippen molar-refractivity contribution in [1.82, 2.24) is 0 Å². The Morgan fingerprint density at radius 1 is 0.805 bits per heavy atom. The normalized spacial score (nSPS) is 21.0. The molecule has 1 unspecified atom stereocenters. The fraction of sp³-hybridized carbons (Fsp3) is 0.455. The lowest BCUT2D eigenvalue weighted by molar-refractivity contribution is -0.275. The molecule has 5 rings (SSSR count). The van der Waals surface area contributed by atoms with Crippen LogP contribution in [0.5, 0.6) is 5.75 Å². The van der Waals surface area contributed by atoms with Crippen LogP contribution in [0.3, 0.4) is 0 Å². The van der Waals surface area contributed by atoms with Gasteiger partial charge in [-0.2, -0.15) is 0 Å². The van der Waals surface area contributed by atoms with E-state index in [0.29, 0.717) is 67.2 Å². The van der Waals surface area contributed by atoms with Gasteiger partial charge in [0.1, 0.15) is 17.5 Å². The van der Waals surface area contributed by atoms with E-state index in [1.54, 1.807) is 6.07 Å². The van der Waals surface area contributed by atoms with Crippen LogP contribution in [-0.2, 0) is 25.7 Å². The van der Waals surface area contributed by atoms with Crippen LogP contribution in [0.1, 0.15) is 90.7 Å². The van der Waals surface area contributed by atoms with E-state index in [1.165, 1.54) is 12.1 Å². The van der Waals surface area contributed by atoms with Crippen molar-refractivity contribution in [2.75, 3.05) is 0 Å². The Labute approximate surface area is 235 Å². The SMILES string of the molecule is CCc1ccc(CCC2CCc3c(cc(F)c(C4CCC(c5ccc(OC(F)(F)F)c(F)c5)CC4)c3F)C2)c(F)c1.